The number of hydrogen-bond acceptors (Lipinski definition) is 2. The minimum absolute atomic E-state index is 0. The summed E-state index contributed by atoms with van der Waals surface area (Å²) < 4.78 is 0. The van der Waals surface area contributed by atoms with Gasteiger partial charge in [-0.3, -0.25) is 0 Å². The van der Waals surface area contributed by atoms with E-state index < -0.39 is 0 Å². The fourth-order valence-corrected chi connectivity index (χ4v) is 4.58. The summed E-state index contributed by atoms with van der Waals surface area (Å²) in [6, 6.07) is 0. The minimum Gasteiger partial charge on any atom is -1.00 e. The lowest BCUT2D eigenvalue weighted by Crippen LogP contribution is -3.34. The van der Waals surface area contributed by atoms with Crippen LogP contribution in [0.5, 0.6) is 0 Å². The molecule has 6 heteroatoms. The van der Waals surface area contributed by atoms with Crippen LogP contribution in [0.25, 0.3) is 0 Å². The molecule has 4 atom stereocenters. The van der Waals surface area contributed by atoms with E-state index in [1.807, 2.05) is 9.80 Å². The molecule has 0 aromatic carbocycles. The van der Waals surface area contributed by atoms with Crippen molar-refractivity contribution in [2.75, 3.05) is 52.4 Å². The zero-order valence-electron chi connectivity index (χ0n) is 10.9. The molecule has 18 heavy (non-hydrogen) atoms. The maximum absolute atomic E-state index is 2.80. The quantitative estimate of drug-likeness (QED) is 0.337. The molecule has 0 amide bonds. The van der Waals surface area contributed by atoms with Gasteiger partial charge in [-0.15, -0.1) is 0 Å². The average Bonchev–Trinajstić information content (AvgIpc) is 2.36. The second-order valence-corrected chi connectivity index (χ2v) is 5.99. The Morgan fingerprint density at radius 1 is 0.611 bits per heavy atom. The third-order valence-electron chi connectivity index (χ3n) is 5.25. The molecule has 0 aromatic heterocycles. The predicted molar refractivity (Wildman–Crippen MR) is 61.3 cm³/mol. The Morgan fingerprint density at radius 3 is 1.50 bits per heavy atom. The van der Waals surface area contributed by atoms with Gasteiger partial charge in [-0.25, -0.2) is 9.80 Å². The maximum Gasteiger partial charge on any atom is 0.212 e. The van der Waals surface area contributed by atoms with Crippen LogP contribution in [-0.2, 0) is 0 Å². The SMILES string of the molecule is C1CN2CC[NH+]3CCCN4CC[NH+](C1)C2C43.[I-].[I-]. The smallest absolute Gasteiger partial charge is 0.212 e. The summed E-state index contributed by atoms with van der Waals surface area (Å²) in [6.07, 6.45) is 4.53. The molecule has 106 valence electrons. The Labute approximate surface area is 144 Å². The van der Waals surface area contributed by atoms with E-state index in [9.17, 15) is 0 Å². The van der Waals surface area contributed by atoms with E-state index in [1.54, 1.807) is 0 Å². The van der Waals surface area contributed by atoms with Gasteiger partial charge in [-0.1, -0.05) is 0 Å². The number of piperazine rings is 2. The normalized spacial score (nSPS) is 43.3. The molecule has 4 unspecified atom stereocenters. The second-order valence-electron chi connectivity index (χ2n) is 5.99. The molecule has 4 heterocycles. The number of rotatable bonds is 0. The third kappa shape index (κ3) is 2.45. The van der Waals surface area contributed by atoms with Gasteiger partial charge in [0.05, 0.1) is 39.3 Å². The van der Waals surface area contributed by atoms with Crippen molar-refractivity contribution in [3.63, 3.8) is 0 Å². The van der Waals surface area contributed by atoms with Crippen LogP contribution in [0.15, 0.2) is 0 Å². The molecular formula is C12H24I2N4. The van der Waals surface area contributed by atoms with Crippen LogP contribution in [0, 0.1) is 0 Å². The highest BCUT2D eigenvalue weighted by Crippen LogP contribution is 2.14. The fraction of sp³-hybridized carbons (Fsp3) is 1.00. The van der Waals surface area contributed by atoms with Gasteiger partial charge in [0, 0.05) is 25.9 Å². The summed E-state index contributed by atoms with van der Waals surface area (Å²) in [4.78, 5) is 9.38. The molecule has 4 aliphatic rings. The Bertz CT molecular complexity index is 239. The fourth-order valence-electron chi connectivity index (χ4n) is 4.58. The summed E-state index contributed by atoms with van der Waals surface area (Å²) in [6.45, 7) is 11.1. The molecule has 4 nitrogen and oxygen atoms in total. The van der Waals surface area contributed by atoms with Gasteiger partial charge in [-0.2, -0.15) is 0 Å². The zero-order valence-corrected chi connectivity index (χ0v) is 15.2. The van der Waals surface area contributed by atoms with Gasteiger partial charge in [0.2, 0.25) is 12.3 Å². The number of nitrogens with zero attached hydrogens (tertiary/aromatic N) is 2. The predicted octanol–water partition coefficient (Wildman–Crippen LogP) is -9.15. The molecule has 0 aromatic rings. The third-order valence-corrected chi connectivity index (χ3v) is 5.25. The zero-order chi connectivity index (χ0) is 10.5. The molecule has 2 N–H and O–H groups in total. The van der Waals surface area contributed by atoms with Gasteiger partial charge in [0.15, 0.2) is 0 Å². The number of quaternary nitrogens is 2. The van der Waals surface area contributed by atoms with Crippen LogP contribution in [0.3, 0.4) is 0 Å². The number of hydrogen-bond donors (Lipinski definition) is 2. The van der Waals surface area contributed by atoms with Crippen molar-refractivity contribution in [1.82, 2.24) is 9.80 Å². The first kappa shape index (κ1) is 15.7. The van der Waals surface area contributed by atoms with Crippen LogP contribution in [-0.4, -0.2) is 74.5 Å². The van der Waals surface area contributed by atoms with Crippen LogP contribution in [0.1, 0.15) is 12.8 Å². The Morgan fingerprint density at radius 2 is 1.06 bits per heavy atom. The minimum atomic E-state index is 0. The van der Waals surface area contributed by atoms with Crippen molar-refractivity contribution >= 4 is 0 Å². The van der Waals surface area contributed by atoms with Gasteiger partial charge >= 0.3 is 0 Å². The van der Waals surface area contributed by atoms with Gasteiger partial charge in [-0.05, 0) is 0 Å². The summed E-state index contributed by atoms with van der Waals surface area (Å²) in [5, 5.41) is 0. The summed E-state index contributed by atoms with van der Waals surface area (Å²) in [5.41, 5.74) is 0. The highest BCUT2D eigenvalue weighted by atomic mass is 127. The van der Waals surface area contributed by atoms with E-state index in [0.717, 1.165) is 12.3 Å². The Hall–Kier alpha value is 1.30. The van der Waals surface area contributed by atoms with E-state index in [0.29, 0.717) is 0 Å². The van der Waals surface area contributed by atoms with Crippen molar-refractivity contribution in [2.24, 2.45) is 0 Å². The molecule has 0 aliphatic carbocycles. The maximum atomic E-state index is 2.80. The van der Waals surface area contributed by atoms with Crippen LogP contribution in [0.4, 0.5) is 0 Å². The highest BCUT2D eigenvalue weighted by molar-refractivity contribution is 4.83. The van der Waals surface area contributed by atoms with Crippen molar-refractivity contribution in [3.05, 3.63) is 0 Å². The van der Waals surface area contributed by atoms with Crippen LogP contribution in [0.2, 0.25) is 0 Å². The van der Waals surface area contributed by atoms with Crippen LogP contribution < -0.4 is 57.8 Å². The van der Waals surface area contributed by atoms with Crippen molar-refractivity contribution in [1.29, 1.82) is 0 Å². The van der Waals surface area contributed by atoms with Gasteiger partial charge in [0.1, 0.15) is 0 Å². The molecular weight excluding hydrogens is 454 g/mol. The molecule has 0 spiro atoms. The molecule has 4 fully saturated rings. The van der Waals surface area contributed by atoms with Crippen molar-refractivity contribution < 1.29 is 57.8 Å². The topological polar surface area (TPSA) is 15.4 Å². The molecule has 4 saturated heterocycles. The first-order valence-corrected chi connectivity index (χ1v) is 7.11. The lowest BCUT2D eigenvalue weighted by atomic mass is 10.0. The summed E-state index contributed by atoms with van der Waals surface area (Å²) in [5.74, 6) is 0. The number of nitrogens with one attached hydrogen (secondary N) is 2. The van der Waals surface area contributed by atoms with Crippen molar-refractivity contribution in [3.8, 4) is 0 Å². The highest BCUT2D eigenvalue weighted by Gasteiger charge is 2.54. The van der Waals surface area contributed by atoms with Crippen molar-refractivity contribution in [2.45, 2.75) is 25.2 Å². The van der Waals surface area contributed by atoms with E-state index in [2.05, 4.69) is 9.80 Å². The largest absolute Gasteiger partial charge is 1.00 e. The van der Waals surface area contributed by atoms with E-state index in [1.165, 1.54) is 65.2 Å². The van der Waals surface area contributed by atoms with E-state index in [4.69, 9.17) is 0 Å². The lowest BCUT2D eigenvalue weighted by Gasteiger charge is -2.56. The average molecular weight is 478 g/mol. The molecule has 4 rings (SSSR count). The standard InChI is InChI=1S/C12H22N4.2HI/c1-3-13-7-9-15-5-2-6-16-10-8-14(4-1)11(13)12(15)16;;/h11-12H,1-10H2;2*1H. The lowest BCUT2D eigenvalue weighted by molar-refractivity contribution is -1.04. The molecule has 4 aliphatic heterocycles. The van der Waals surface area contributed by atoms with Crippen LogP contribution >= 0.6 is 0 Å². The van der Waals surface area contributed by atoms with Gasteiger partial charge in [0.25, 0.3) is 0 Å². The Balaban J connectivity index is 0.000000602. The molecule has 0 bridgehead atoms. The molecule has 0 saturated carbocycles. The van der Waals surface area contributed by atoms with E-state index in [-0.39, 0.29) is 48.0 Å². The monoisotopic (exact) mass is 478 g/mol. The summed E-state index contributed by atoms with van der Waals surface area (Å²) >= 11 is 0. The summed E-state index contributed by atoms with van der Waals surface area (Å²) in [7, 11) is 0. The second kappa shape index (κ2) is 6.38. The number of halogens is 2. The first-order valence-electron chi connectivity index (χ1n) is 7.11. The Kier molecular flexibility index (Phi) is 5.56. The first-order chi connectivity index (χ1) is 7.93. The van der Waals surface area contributed by atoms with E-state index >= 15 is 0 Å². The molecule has 0 radical (unpaired) electrons. The van der Waals surface area contributed by atoms with Gasteiger partial charge < -0.3 is 57.8 Å².